The fraction of sp³-hybridized carbons (Fsp3) is 0.500. The van der Waals surface area contributed by atoms with Crippen LogP contribution in [0.3, 0.4) is 0 Å². The molecule has 140 valence electrons. The molecule has 0 spiro atoms. The molecule has 1 aromatic carbocycles. The molecule has 2 N–H and O–H groups in total. The van der Waals surface area contributed by atoms with Crippen molar-refractivity contribution in [2.45, 2.75) is 38.1 Å². The van der Waals surface area contributed by atoms with Crippen molar-refractivity contribution in [2.24, 2.45) is 0 Å². The number of piperidine rings is 1. The Hall–Kier alpha value is -2.64. The number of fused-ring (bicyclic) bond motifs is 1. The minimum atomic E-state index is -0.637. The number of anilines is 1. The highest BCUT2D eigenvalue weighted by Crippen LogP contribution is 2.33. The van der Waals surface area contributed by atoms with Crippen LogP contribution < -0.4 is 10.6 Å². The summed E-state index contributed by atoms with van der Waals surface area (Å²) in [6.45, 7) is 3.11. The second kappa shape index (κ2) is 7.72. The van der Waals surface area contributed by atoms with Crippen molar-refractivity contribution in [3.05, 3.63) is 29.6 Å². The predicted octanol–water partition coefficient (Wildman–Crippen LogP) is 1.99. The van der Waals surface area contributed by atoms with Gasteiger partial charge in [0.2, 0.25) is 11.8 Å². The molecule has 2 aliphatic heterocycles. The van der Waals surface area contributed by atoms with Gasteiger partial charge in [-0.15, -0.1) is 0 Å². The highest BCUT2D eigenvalue weighted by atomic mass is 19.1. The molecule has 8 heteroatoms. The van der Waals surface area contributed by atoms with Gasteiger partial charge in [-0.1, -0.05) is 6.07 Å². The van der Waals surface area contributed by atoms with Gasteiger partial charge < -0.3 is 20.3 Å². The molecular weight excluding hydrogens is 341 g/mol. The quantitative estimate of drug-likeness (QED) is 0.860. The number of rotatable bonds is 3. The monoisotopic (exact) mass is 363 g/mol. The fourth-order valence-corrected chi connectivity index (χ4v) is 3.39. The van der Waals surface area contributed by atoms with Gasteiger partial charge in [0.25, 0.3) is 0 Å². The lowest BCUT2D eigenvalue weighted by atomic mass is 9.89. The van der Waals surface area contributed by atoms with Crippen molar-refractivity contribution in [1.82, 2.24) is 10.2 Å². The summed E-state index contributed by atoms with van der Waals surface area (Å²) in [5, 5.41) is 5.57. The molecule has 26 heavy (non-hydrogen) atoms. The van der Waals surface area contributed by atoms with Gasteiger partial charge in [0, 0.05) is 31.2 Å². The van der Waals surface area contributed by atoms with E-state index in [4.69, 9.17) is 4.74 Å². The summed E-state index contributed by atoms with van der Waals surface area (Å²) in [5.41, 5.74) is 0.964. The average molecular weight is 363 g/mol. The number of carbonyl (C=O) groups excluding carboxylic acids is 3. The number of amides is 3. The standard InChI is InChI=1S/C18H22FN3O4/c1-2-26-18(25)22-7-5-12(6-8-22)20-17(24)14-10-16(23)21-15-9-11(19)3-4-13(14)15/h3-4,9,12,14H,2,5-8,10H2,1H3,(H,20,24)(H,21,23)/t14-/m1/s1. The summed E-state index contributed by atoms with van der Waals surface area (Å²) in [7, 11) is 0. The Labute approximate surface area is 150 Å². The van der Waals surface area contributed by atoms with Gasteiger partial charge in [0.15, 0.2) is 0 Å². The van der Waals surface area contributed by atoms with Crippen molar-refractivity contribution in [3.63, 3.8) is 0 Å². The molecule has 7 nitrogen and oxygen atoms in total. The van der Waals surface area contributed by atoms with Gasteiger partial charge in [-0.05, 0) is 37.5 Å². The number of nitrogens with zero attached hydrogens (tertiary/aromatic N) is 1. The van der Waals surface area contributed by atoms with Crippen molar-refractivity contribution in [3.8, 4) is 0 Å². The number of ether oxygens (including phenoxy) is 1. The number of hydrogen-bond acceptors (Lipinski definition) is 4. The summed E-state index contributed by atoms with van der Waals surface area (Å²) in [6, 6.07) is 3.98. The van der Waals surface area contributed by atoms with Crippen LogP contribution in [0.4, 0.5) is 14.9 Å². The van der Waals surface area contributed by atoms with Gasteiger partial charge in [0.05, 0.1) is 12.5 Å². The Morgan fingerprint density at radius 2 is 2.08 bits per heavy atom. The van der Waals surface area contributed by atoms with Gasteiger partial charge in [-0.3, -0.25) is 9.59 Å². The van der Waals surface area contributed by atoms with Gasteiger partial charge >= 0.3 is 6.09 Å². The molecule has 3 amide bonds. The topological polar surface area (TPSA) is 87.7 Å². The first-order valence-electron chi connectivity index (χ1n) is 8.79. The fourth-order valence-electron chi connectivity index (χ4n) is 3.39. The Morgan fingerprint density at radius 1 is 1.35 bits per heavy atom. The number of benzene rings is 1. The average Bonchev–Trinajstić information content (AvgIpc) is 2.61. The third-order valence-electron chi connectivity index (χ3n) is 4.74. The molecule has 0 saturated carbocycles. The highest BCUT2D eigenvalue weighted by Gasteiger charge is 2.33. The van der Waals surface area contributed by atoms with E-state index in [0.29, 0.717) is 43.8 Å². The van der Waals surface area contributed by atoms with E-state index in [1.165, 1.54) is 18.2 Å². The van der Waals surface area contributed by atoms with Crippen LogP contribution in [0.15, 0.2) is 18.2 Å². The van der Waals surface area contributed by atoms with Crippen molar-refractivity contribution < 1.29 is 23.5 Å². The van der Waals surface area contributed by atoms with Gasteiger partial charge in [-0.2, -0.15) is 0 Å². The SMILES string of the molecule is CCOC(=O)N1CCC(NC(=O)[C@@H]2CC(=O)Nc3cc(F)ccc32)CC1. The maximum absolute atomic E-state index is 13.4. The summed E-state index contributed by atoms with van der Waals surface area (Å²) in [6.07, 6.45) is 0.947. The van der Waals surface area contributed by atoms with Crippen LogP contribution in [0.1, 0.15) is 37.7 Å². The zero-order valence-electron chi connectivity index (χ0n) is 14.6. The molecule has 0 radical (unpaired) electrons. The second-order valence-corrected chi connectivity index (χ2v) is 6.51. The Morgan fingerprint density at radius 3 is 2.77 bits per heavy atom. The van der Waals surface area contributed by atoms with Gasteiger partial charge in [-0.25, -0.2) is 9.18 Å². The van der Waals surface area contributed by atoms with E-state index >= 15 is 0 Å². The highest BCUT2D eigenvalue weighted by molar-refractivity contribution is 6.01. The third kappa shape index (κ3) is 3.95. The predicted molar refractivity (Wildman–Crippen MR) is 92.1 cm³/mol. The lowest BCUT2D eigenvalue weighted by Gasteiger charge is -2.33. The van der Waals surface area contributed by atoms with Crippen LogP contribution in [0.2, 0.25) is 0 Å². The Bertz CT molecular complexity index is 716. The summed E-state index contributed by atoms with van der Waals surface area (Å²) in [4.78, 5) is 37.9. The van der Waals surface area contributed by atoms with E-state index < -0.39 is 11.7 Å². The Balaban J connectivity index is 1.61. The number of nitrogens with one attached hydrogen (secondary N) is 2. The Kier molecular flexibility index (Phi) is 5.39. The lowest BCUT2D eigenvalue weighted by Crippen LogP contribution is -2.48. The smallest absolute Gasteiger partial charge is 0.409 e. The maximum Gasteiger partial charge on any atom is 0.409 e. The van der Waals surface area contributed by atoms with E-state index in [0.717, 1.165) is 0 Å². The normalized spacial score (nSPS) is 20.2. The molecule has 1 aromatic rings. The molecule has 2 aliphatic rings. The van der Waals surface area contributed by atoms with E-state index in [1.807, 2.05) is 0 Å². The number of hydrogen-bond donors (Lipinski definition) is 2. The molecular formula is C18H22FN3O4. The zero-order valence-corrected chi connectivity index (χ0v) is 14.6. The van der Waals surface area contributed by atoms with Crippen molar-refractivity contribution in [1.29, 1.82) is 0 Å². The molecule has 1 fully saturated rings. The van der Waals surface area contributed by atoms with E-state index in [1.54, 1.807) is 11.8 Å². The number of carbonyl (C=O) groups is 3. The first-order valence-corrected chi connectivity index (χ1v) is 8.79. The molecule has 3 rings (SSSR count). The maximum atomic E-state index is 13.4. The lowest BCUT2D eigenvalue weighted by molar-refractivity contribution is -0.127. The molecule has 0 aliphatic carbocycles. The van der Waals surface area contributed by atoms with Crippen LogP contribution in [-0.2, 0) is 14.3 Å². The summed E-state index contributed by atoms with van der Waals surface area (Å²) < 4.78 is 18.4. The largest absolute Gasteiger partial charge is 0.450 e. The minimum absolute atomic E-state index is 0.0339. The van der Waals surface area contributed by atoms with Crippen LogP contribution >= 0.6 is 0 Å². The molecule has 1 atom stereocenters. The first-order chi connectivity index (χ1) is 12.5. The van der Waals surface area contributed by atoms with Gasteiger partial charge in [0.1, 0.15) is 5.82 Å². The van der Waals surface area contributed by atoms with Crippen molar-refractivity contribution >= 4 is 23.6 Å². The molecule has 1 saturated heterocycles. The summed E-state index contributed by atoms with van der Waals surface area (Å²) in [5.74, 6) is -1.65. The number of likely N-dealkylation sites (tertiary alicyclic amines) is 1. The van der Waals surface area contributed by atoms with Crippen LogP contribution in [0.25, 0.3) is 0 Å². The minimum Gasteiger partial charge on any atom is -0.450 e. The molecule has 2 heterocycles. The molecule has 0 bridgehead atoms. The third-order valence-corrected chi connectivity index (χ3v) is 4.74. The first kappa shape index (κ1) is 18.2. The summed E-state index contributed by atoms with van der Waals surface area (Å²) >= 11 is 0. The number of halogens is 1. The van der Waals surface area contributed by atoms with Crippen LogP contribution in [-0.4, -0.2) is 48.5 Å². The zero-order chi connectivity index (χ0) is 18.7. The van der Waals surface area contributed by atoms with E-state index in [2.05, 4.69) is 10.6 Å². The van der Waals surface area contributed by atoms with Crippen LogP contribution in [0.5, 0.6) is 0 Å². The van der Waals surface area contributed by atoms with E-state index in [9.17, 15) is 18.8 Å². The van der Waals surface area contributed by atoms with Crippen molar-refractivity contribution in [2.75, 3.05) is 25.0 Å². The molecule has 0 unspecified atom stereocenters. The van der Waals surface area contributed by atoms with Crippen LogP contribution in [0, 0.1) is 5.82 Å². The second-order valence-electron chi connectivity index (χ2n) is 6.51. The molecule has 0 aromatic heterocycles. The van der Waals surface area contributed by atoms with E-state index in [-0.39, 0.29) is 30.4 Å².